The van der Waals surface area contributed by atoms with Gasteiger partial charge in [0.2, 0.25) is 0 Å². The molecule has 118 valence electrons. The van der Waals surface area contributed by atoms with Gasteiger partial charge in [0, 0.05) is 6.42 Å². The maximum atomic E-state index is 13.0. The Kier molecular flexibility index (Phi) is 4.63. The van der Waals surface area contributed by atoms with Gasteiger partial charge in [0.05, 0.1) is 31.1 Å². The SMILES string of the molecule is CC1(CC([Si](C)(C)C)S(=O)(=O)c2ccccc2)OCCO1. The summed E-state index contributed by atoms with van der Waals surface area (Å²) in [6.45, 7) is 9.14. The van der Waals surface area contributed by atoms with Crippen LogP contribution < -0.4 is 0 Å². The highest BCUT2D eigenvalue weighted by Gasteiger charge is 2.45. The van der Waals surface area contributed by atoms with E-state index < -0.39 is 28.6 Å². The second-order valence-corrected chi connectivity index (χ2v) is 14.7. The molecule has 1 saturated heterocycles. The van der Waals surface area contributed by atoms with Gasteiger partial charge in [-0.1, -0.05) is 37.8 Å². The van der Waals surface area contributed by atoms with Crippen molar-refractivity contribution >= 4 is 17.9 Å². The normalized spacial score (nSPS) is 20.4. The molecule has 6 heteroatoms. The average Bonchev–Trinajstić information content (AvgIpc) is 2.83. The van der Waals surface area contributed by atoms with Gasteiger partial charge in [-0.3, -0.25) is 0 Å². The number of hydrogen-bond donors (Lipinski definition) is 0. The fourth-order valence-electron chi connectivity index (χ4n) is 2.67. The molecule has 2 rings (SSSR count). The molecule has 0 aliphatic carbocycles. The molecule has 0 radical (unpaired) electrons. The average molecular weight is 329 g/mol. The Hall–Kier alpha value is -0.693. The highest BCUT2D eigenvalue weighted by atomic mass is 32.2. The first-order valence-corrected chi connectivity index (χ1v) is 12.3. The van der Waals surface area contributed by atoms with E-state index in [-0.39, 0.29) is 0 Å². The molecule has 0 N–H and O–H groups in total. The summed E-state index contributed by atoms with van der Waals surface area (Å²) < 4.78 is 37.3. The minimum Gasteiger partial charge on any atom is -0.348 e. The van der Waals surface area contributed by atoms with Gasteiger partial charge in [-0.2, -0.15) is 0 Å². The van der Waals surface area contributed by atoms with Crippen LogP contribution in [0.2, 0.25) is 19.6 Å². The standard InChI is InChI=1S/C15H24O4SSi/c1-15(18-10-11-19-15)12-14(21(2,3)4)20(16,17)13-8-6-5-7-9-13/h5-9,14H,10-12H2,1-4H3. The third-order valence-corrected chi connectivity index (χ3v) is 10.9. The van der Waals surface area contributed by atoms with E-state index in [1.807, 2.05) is 13.0 Å². The number of benzene rings is 1. The van der Waals surface area contributed by atoms with Crippen molar-refractivity contribution in [2.45, 2.75) is 48.5 Å². The van der Waals surface area contributed by atoms with Gasteiger partial charge < -0.3 is 9.47 Å². The van der Waals surface area contributed by atoms with E-state index in [4.69, 9.17) is 9.47 Å². The molecule has 0 spiro atoms. The molecule has 0 bridgehead atoms. The molecule has 1 aliphatic heterocycles. The van der Waals surface area contributed by atoms with Crippen LogP contribution in [0.15, 0.2) is 35.2 Å². The van der Waals surface area contributed by atoms with Crippen molar-refractivity contribution in [3.05, 3.63) is 30.3 Å². The number of hydrogen-bond acceptors (Lipinski definition) is 4. The topological polar surface area (TPSA) is 52.6 Å². The van der Waals surface area contributed by atoms with Crippen LogP contribution in [0.1, 0.15) is 13.3 Å². The van der Waals surface area contributed by atoms with Crippen molar-refractivity contribution in [3.8, 4) is 0 Å². The van der Waals surface area contributed by atoms with E-state index in [1.165, 1.54) is 0 Å². The fourth-order valence-corrected chi connectivity index (χ4v) is 9.17. The predicted molar refractivity (Wildman–Crippen MR) is 85.7 cm³/mol. The smallest absolute Gasteiger partial charge is 0.178 e. The lowest BCUT2D eigenvalue weighted by atomic mass is 10.2. The molecule has 1 unspecified atom stereocenters. The Labute approximate surface area is 128 Å². The molecule has 1 fully saturated rings. The van der Waals surface area contributed by atoms with Crippen LogP contribution in [0.25, 0.3) is 0 Å². The van der Waals surface area contributed by atoms with E-state index >= 15 is 0 Å². The zero-order valence-corrected chi connectivity index (χ0v) is 14.9. The van der Waals surface area contributed by atoms with Gasteiger partial charge in [-0.25, -0.2) is 8.42 Å². The summed E-state index contributed by atoms with van der Waals surface area (Å²) in [7, 11) is -5.35. The lowest BCUT2D eigenvalue weighted by Gasteiger charge is -2.34. The first-order valence-electron chi connectivity index (χ1n) is 7.22. The molecule has 4 nitrogen and oxygen atoms in total. The van der Waals surface area contributed by atoms with Gasteiger partial charge in [-0.05, 0) is 19.1 Å². The number of sulfone groups is 1. The Bertz CT molecular complexity index is 571. The summed E-state index contributed by atoms with van der Waals surface area (Å²) in [5.74, 6) is -0.785. The lowest BCUT2D eigenvalue weighted by Crippen LogP contribution is -2.49. The van der Waals surface area contributed by atoms with E-state index in [1.54, 1.807) is 24.3 Å². The maximum absolute atomic E-state index is 13.0. The van der Waals surface area contributed by atoms with Crippen LogP contribution in [0.5, 0.6) is 0 Å². The number of ether oxygens (including phenoxy) is 2. The Morgan fingerprint density at radius 1 is 1.14 bits per heavy atom. The van der Waals surface area contributed by atoms with Crippen molar-refractivity contribution < 1.29 is 17.9 Å². The van der Waals surface area contributed by atoms with Crippen molar-refractivity contribution in [1.82, 2.24) is 0 Å². The van der Waals surface area contributed by atoms with Gasteiger partial charge in [0.15, 0.2) is 15.6 Å². The quantitative estimate of drug-likeness (QED) is 0.780. The van der Waals surface area contributed by atoms with Crippen molar-refractivity contribution in [2.24, 2.45) is 0 Å². The molecule has 0 saturated carbocycles. The molecule has 21 heavy (non-hydrogen) atoms. The monoisotopic (exact) mass is 328 g/mol. The molecular weight excluding hydrogens is 304 g/mol. The summed E-state index contributed by atoms with van der Waals surface area (Å²) in [4.78, 5) is -0.0467. The molecule has 1 aromatic carbocycles. The van der Waals surface area contributed by atoms with Crippen LogP contribution in [-0.2, 0) is 19.3 Å². The Morgan fingerprint density at radius 2 is 1.67 bits per heavy atom. The van der Waals surface area contributed by atoms with Crippen molar-refractivity contribution in [1.29, 1.82) is 0 Å². The molecule has 0 aromatic heterocycles. The Balaban J connectivity index is 2.37. The van der Waals surface area contributed by atoms with Crippen LogP contribution >= 0.6 is 0 Å². The van der Waals surface area contributed by atoms with Gasteiger partial charge in [0.1, 0.15) is 0 Å². The van der Waals surface area contributed by atoms with Gasteiger partial charge in [-0.15, -0.1) is 0 Å². The third-order valence-electron chi connectivity index (χ3n) is 3.87. The molecule has 0 amide bonds. The minimum atomic E-state index is -3.38. The van der Waals surface area contributed by atoms with Gasteiger partial charge in [0.25, 0.3) is 0 Å². The second-order valence-electron chi connectivity index (χ2n) is 6.75. The molecule has 1 aliphatic rings. The summed E-state index contributed by atoms with van der Waals surface area (Å²) in [5.41, 5.74) is 0. The molecule has 1 heterocycles. The molecular formula is C15H24O4SSi. The summed E-state index contributed by atoms with van der Waals surface area (Å²) >= 11 is 0. The van der Waals surface area contributed by atoms with E-state index in [2.05, 4.69) is 19.6 Å². The van der Waals surface area contributed by atoms with Gasteiger partial charge >= 0.3 is 0 Å². The second kappa shape index (κ2) is 5.83. The number of rotatable bonds is 5. The predicted octanol–water partition coefficient (Wildman–Crippen LogP) is 2.86. The van der Waals surface area contributed by atoms with Crippen LogP contribution in [0, 0.1) is 0 Å². The summed E-state index contributed by atoms with van der Waals surface area (Å²) in [5, 5.41) is 0. The summed E-state index contributed by atoms with van der Waals surface area (Å²) in [6.07, 6.45) is 0.389. The van der Waals surface area contributed by atoms with Crippen LogP contribution in [-0.4, -0.2) is 40.4 Å². The fraction of sp³-hybridized carbons (Fsp3) is 0.600. The zero-order valence-electron chi connectivity index (χ0n) is 13.1. The van der Waals surface area contributed by atoms with Crippen molar-refractivity contribution in [3.63, 3.8) is 0 Å². The van der Waals surface area contributed by atoms with E-state index in [0.29, 0.717) is 24.5 Å². The lowest BCUT2D eigenvalue weighted by molar-refractivity contribution is -0.144. The first-order chi connectivity index (χ1) is 9.65. The van der Waals surface area contributed by atoms with E-state index in [9.17, 15) is 8.42 Å². The van der Waals surface area contributed by atoms with Crippen LogP contribution in [0.4, 0.5) is 0 Å². The largest absolute Gasteiger partial charge is 0.348 e. The highest BCUT2D eigenvalue weighted by molar-refractivity contribution is 7.94. The first kappa shape index (κ1) is 16.7. The summed E-state index contributed by atoms with van der Waals surface area (Å²) in [6, 6.07) is 8.69. The van der Waals surface area contributed by atoms with E-state index in [0.717, 1.165) is 0 Å². The third kappa shape index (κ3) is 3.74. The van der Waals surface area contributed by atoms with Crippen molar-refractivity contribution in [2.75, 3.05) is 13.2 Å². The molecule has 1 atom stereocenters. The highest BCUT2D eigenvalue weighted by Crippen LogP contribution is 2.33. The molecule has 1 aromatic rings. The minimum absolute atomic E-state index is 0.388. The van der Waals surface area contributed by atoms with Crippen LogP contribution in [0.3, 0.4) is 0 Å². The Morgan fingerprint density at radius 3 is 2.14 bits per heavy atom. The zero-order chi connectivity index (χ0) is 15.7. The maximum Gasteiger partial charge on any atom is 0.178 e.